The summed E-state index contributed by atoms with van der Waals surface area (Å²) in [5.41, 5.74) is 5.31. The Labute approximate surface area is 212 Å². The van der Waals surface area contributed by atoms with E-state index in [4.69, 9.17) is 5.73 Å². The smallest absolute Gasteiger partial charge is 0.348 e. The number of hydrogen-bond acceptors (Lipinski definition) is 7. The van der Waals surface area contributed by atoms with Crippen molar-refractivity contribution in [2.45, 2.75) is 61.7 Å². The molecular weight excluding hydrogens is 498 g/mol. The first-order chi connectivity index (χ1) is 17.7. The van der Waals surface area contributed by atoms with Crippen molar-refractivity contribution in [2.24, 2.45) is 0 Å². The maximum absolute atomic E-state index is 13.2. The lowest BCUT2D eigenvalue weighted by Crippen LogP contribution is -2.45. The summed E-state index contributed by atoms with van der Waals surface area (Å²) >= 11 is 0. The number of hydrogen-bond donors (Lipinski definition) is 3. The van der Waals surface area contributed by atoms with Crippen molar-refractivity contribution >= 4 is 21.7 Å². The predicted molar refractivity (Wildman–Crippen MR) is 136 cm³/mol. The molecule has 2 aromatic heterocycles. The van der Waals surface area contributed by atoms with E-state index >= 15 is 0 Å². The quantitative estimate of drug-likeness (QED) is 0.377. The number of fused-ring (bicyclic) bond motifs is 1. The summed E-state index contributed by atoms with van der Waals surface area (Å²) < 4.78 is 28.5. The van der Waals surface area contributed by atoms with Crippen LogP contribution in [0, 0.1) is 0 Å². The molecule has 1 aromatic carbocycles. The van der Waals surface area contributed by atoms with E-state index in [-0.39, 0.29) is 29.9 Å². The Balaban J connectivity index is 1.28. The van der Waals surface area contributed by atoms with Crippen LogP contribution in [0.15, 0.2) is 63.2 Å². The van der Waals surface area contributed by atoms with Crippen molar-refractivity contribution in [3.05, 3.63) is 75.3 Å². The minimum Gasteiger partial charge on any atom is -0.369 e. The van der Waals surface area contributed by atoms with Gasteiger partial charge < -0.3 is 16.0 Å². The third-order valence-electron chi connectivity index (χ3n) is 7.08. The normalized spacial score (nSPS) is 21.5. The number of amides is 1. The van der Waals surface area contributed by atoms with Crippen molar-refractivity contribution in [1.29, 1.82) is 0 Å². The number of aromatic amines is 1. The largest absolute Gasteiger partial charge is 0.369 e. The molecule has 2 aliphatic rings. The number of allylic oxidation sites excluding steroid dienone is 1. The van der Waals surface area contributed by atoms with E-state index in [0.29, 0.717) is 11.9 Å². The second-order valence-electron chi connectivity index (χ2n) is 9.43. The standard InChI is InChI=1S/C24H29N7O5S/c25-22-26-15-19(28-22)16-8-10-17(11-9-16)27-21(32)20-7-4-12-30-23(33)29(24(34)31(20)30)13-14-37(35,36)18-5-2-1-3-6-18/h1-7,15-17,20H,8-14H2,(H,27,32)(H3,25,26,28). The van der Waals surface area contributed by atoms with E-state index in [1.165, 1.54) is 16.8 Å². The summed E-state index contributed by atoms with van der Waals surface area (Å²) in [6, 6.07) is 6.81. The molecule has 0 saturated heterocycles. The highest BCUT2D eigenvalue weighted by Gasteiger charge is 2.31. The Hall–Kier alpha value is -3.87. The molecule has 4 N–H and O–H groups in total. The first-order valence-electron chi connectivity index (χ1n) is 12.2. The number of carbonyl (C=O) groups excluding carboxylic acids is 1. The monoisotopic (exact) mass is 527 g/mol. The average Bonchev–Trinajstić information content (AvgIpc) is 3.44. The van der Waals surface area contributed by atoms with Crippen molar-refractivity contribution in [1.82, 2.24) is 29.2 Å². The molecule has 0 bridgehead atoms. The van der Waals surface area contributed by atoms with Crippen molar-refractivity contribution in [3.63, 3.8) is 0 Å². The van der Waals surface area contributed by atoms with Gasteiger partial charge in [0, 0.05) is 24.2 Å². The Morgan fingerprint density at radius 3 is 2.51 bits per heavy atom. The van der Waals surface area contributed by atoms with Gasteiger partial charge in [0.2, 0.25) is 5.91 Å². The molecule has 1 aliphatic carbocycles. The maximum Gasteiger partial charge on any atom is 0.348 e. The summed E-state index contributed by atoms with van der Waals surface area (Å²) in [6.45, 7) is -0.187. The van der Waals surface area contributed by atoms with E-state index in [2.05, 4.69) is 15.3 Å². The van der Waals surface area contributed by atoms with Crippen LogP contribution in [0.2, 0.25) is 0 Å². The fraction of sp³-hybridized carbons (Fsp3) is 0.417. The van der Waals surface area contributed by atoms with Gasteiger partial charge in [0.1, 0.15) is 0 Å². The Kier molecular flexibility index (Phi) is 6.63. The van der Waals surface area contributed by atoms with E-state index < -0.39 is 33.0 Å². The molecule has 1 aliphatic heterocycles. The number of imidazole rings is 1. The van der Waals surface area contributed by atoms with Gasteiger partial charge in [-0.15, -0.1) is 0 Å². The van der Waals surface area contributed by atoms with Crippen LogP contribution in [-0.2, 0) is 27.7 Å². The van der Waals surface area contributed by atoms with Crippen LogP contribution in [-0.4, -0.2) is 50.0 Å². The van der Waals surface area contributed by atoms with Crippen molar-refractivity contribution in [3.8, 4) is 0 Å². The zero-order valence-electron chi connectivity index (χ0n) is 20.1. The van der Waals surface area contributed by atoms with Crippen molar-refractivity contribution < 1.29 is 13.2 Å². The molecular formula is C24H29N7O5S. The van der Waals surface area contributed by atoms with Crippen LogP contribution < -0.4 is 22.4 Å². The van der Waals surface area contributed by atoms with E-state index in [0.717, 1.165) is 40.6 Å². The molecule has 5 rings (SSSR count). The molecule has 3 heterocycles. The number of carbonyl (C=O) groups is 1. The molecule has 1 saturated carbocycles. The highest BCUT2D eigenvalue weighted by Crippen LogP contribution is 2.32. The zero-order chi connectivity index (χ0) is 26.2. The van der Waals surface area contributed by atoms with Gasteiger partial charge in [-0.05, 0) is 37.8 Å². The number of rotatable bonds is 7. The summed E-state index contributed by atoms with van der Waals surface area (Å²) in [5, 5.41) is 3.02. The molecule has 1 unspecified atom stereocenters. The SMILES string of the molecule is Nc1ncc(C2CCC(NC(=O)C3C=CCn4c(=O)n(CCS(=O)(=O)c5ccccc5)c(=O)n43)CC2)[nH]1. The number of nitrogens with two attached hydrogens (primary N) is 1. The van der Waals surface area contributed by atoms with E-state index in [1.807, 2.05) is 0 Å². The molecule has 3 aromatic rings. The highest BCUT2D eigenvalue weighted by atomic mass is 32.2. The first kappa shape index (κ1) is 24.8. The molecule has 1 fully saturated rings. The van der Waals surface area contributed by atoms with Gasteiger partial charge in [-0.3, -0.25) is 4.79 Å². The van der Waals surface area contributed by atoms with Gasteiger partial charge in [0.15, 0.2) is 21.8 Å². The predicted octanol–water partition coefficient (Wildman–Crippen LogP) is 0.544. The number of nitrogens with one attached hydrogen (secondary N) is 2. The lowest BCUT2D eigenvalue weighted by Gasteiger charge is -2.30. The number of aromatic nitrogens is 5. The highest BCUT2D eigenvalue weighted by molar-refractivity contribution is 7.91. The number of sulfone groups is 1. The van der Waals surface area contributed by atoms with Gasteiger partial charge in [-0.1, -0.05) is 30.4 Å². The first-order valence-corrected chi connectivity index (χ1v) is 13.9. The lowest BCUT2D eigenvalue weighted by molar-refractivity contribution is -0.124. The minimum atomic E-state index is -3.69. The van der Waals surface area contributed by atoms with Crippen LogP contribution in [0.25, 0.3) is 0 Å². The van der Waals surface area contributed by atoms with Crippen LogP contribution in [0.5, 0.6) is 0 Å². The molecule has 1 amide bonds. The fourth-order valence-electron chi connectivity index (χ4n) is 5.09. The maximum atomic E-state index is 13.2. The second kappa shape index (κ2) is 9.88. The molecule has 0 radical (unpaired) electrons. The van der Waals surface area contributed by atoms with Gasteiger partial charge in [-0.25, -0.2) is 36.9 Å². The molecule has 1 atom stereocenters. The van der Waals surface area contributed by atoms with E-state index in [9.17, 15) is 22.8 Å². The van der Waals surface area contributed by atoms with Crippen LogP contribution in [0.3, 0.4) is 0 Å². The van der Waals surface area contributed by atoms with Crippen LogP contribution in [0.1, 0.15) is 43.3 Å². The Bertz CT molecular complexity index is 1540. The number of anilines is 1. The Morgan fingerprint density at radius 1 is 1.11 bits per heavy atom. The molecule has 196 valence electrons. The number of nitrogen functional groups attached to an aromatic ring is 1. The minimum absolute atomic E-state index is 0.0617. The fourth-order valence-corrected chi connectivity index (χ4v) is 6.32. The third-order valence-corrected chi connectivity index (χ3v) is 8.79. The summed E-state index contributed by atoms with van der Waals surface area (Å²) in [4.78, 5) is 46.5. The van der Waals surface area contributed by atoms with Crippen LogP contribution in [0.4, 0.5) is 5.95 Å². The van der Waals surface area contributed by atoms with Crippen molar-refractivity contribution in [2.75, 3.05) is 11.5 Å². The van der Waals surface area contributed by atoms with Crippen LogP contribution >= 0.6 is 0 Å². The van der Waals surface area contributed by atoms with Gasteiger partial charge in [0.05, 0.1) is 23.4 Å². The molecule has 12 nitrogen and oxygen atoms in total. The average molecular weight is 528 g/mol. The summed E-state index contributed by atoms with van der Waals surface area (Å²) in [6.07, 6.45) is 8.22. The molecule has 0 spiro atoms. The van der Waals surface area contributed by atoms with Gasteiger partial charge >= 0.3 is 11.4 Å². The summed E-state index contributed by atoms with van der Waals surface area (Å²) in [5.74, 6) is -0.113. The molecule has 13 heteroatoms. The van der Waals surface area contributed by atoms with E-state index in [1.54, 1.807) is 36.5 Å². The number of benzene rings is 1. The van der Waals surface area contributed by atoms with Gasteiger partial charge in [0.25, 0.3) is 0 Å². The number of nitrogens with zero attached hydrogens (tertiary/aromatic N) is 4. The third kappa shape index (κ3) is 4.90. The second-order valence-corrected chi connectivity index (χ2v) is 11.5. The Morgan fingerprint density at radius 2 is 1.84 bits per heavy atom. The zero-order valence-corrected chi connectivity index (χ0v) is 20.9. The topological polar surface area (TPSA) is 167 Å². The number of H-pyrrole nitrogens is 1. The summed E-state index contributed by atoms with van der Waals surface area (Å²) in [7, 11) is -3.69. The van der Waals surface area contributed by atoms with Gasteiger partial charge in [-0.2, -0.15) is 0 Å². The molecule has 37 heavy (non-hydrogen) atoms. The lowest BCUT2D eigenvalue weighted by atomic mass is 9.84.